The summed E-state index contributed by atoms with van der Waals surface area (Å²) in [6, 6.07) is 8.16. The van der Waals surface area contributed by atoms with Crippen LogP contribution in [0.4, 0.5) is 0 Å². The van der Waals surface area contributed by atoms with Gasteiger partial charge in [-0.15, -0.1) is 13.1 Å². The molecule has 0 aromatic heterocycles. The fourth-order valence-electron chi connectivity index (χ4n) is 1.85. The Morgan fingerprint density at radius 1 is 1.12 bits per heavy atom. The standard InChI is InChI=1S/C14H21NO.U/c1-6-15(7-2)14(3,4)12-8-10-13(16-5)11-9-12;/h8-11H,1-2,6-7H2,3-5H3;/q-2;+2. The maximum Gasteiger partial charge on any atom is 2.00 e. The third kappa shape index (κ3) is 4.02. The van der Waals surface area contributed by atoms with Crippen molar-refractivity contribution >= 4 is 0 Å². The van der Waals surface area contributed by atoms with Crippen LogP contribution in [0, 0.1) is 45.0 Å². The zero-order valence-corrected chi connectivity index (χ0v) is 15.2. The fraction of sp³-hybridized carbons (Fsp3) is 0.429. The molecule has 0 amide bonds. The Kier molecular flexibility index (Phi) is 7.48. The fourth-order valence-corrected chi connectivity index (χ4v) is 1.85. The van der Waals surface area contributed by atoms with Crippen molar-refractivity contribution in [2.45, 2.75) is 19.4 Å². The monoisotopic (exact) mass is 457 g/mol. The molecule has 0 aliphatic heterocycles. The molecule has 0 unspecified atom stereocenters. The summed E-state index contributed by atoms with van der Waals surface area (Å²) in [6.07, 6.45) is 0. The summed E-state index contributed by atoms with van der Waals surface area (Å²) in [6.45, 7) is 13.8. The Hall–Kier alpha value is 0.0319. The van der Waals surface area contributed by atoms with Crippen LogP contribution in [-0.4, -0.2) is 25.1 Å². The van der Waals surface area contributed by atoms with Crippen molar-refractivity contribution < 1.29 is 35.9 Å². The first-order valence-electron chi connectivity index (χ1n) is 5.54. The molecule has 0 aliphatic carbocycles. The number of ether oxygens (including phenoxy) is 1. The molecule has 0 atom stereocenters. The van der Waals surface area contributed by atoms with Gasteiger partial charge in [-0.3, -0.25) is 0 Å². The van der Waals surface area contributed by atoms with Crippen molar-refractivity contribution in [1.29, 1.82) is 0 Å². The molecule has 3 heteroatoms. The second-order valence-electron chi connectivity index (χ2n) is 4.27. The molecule has 1 aromatic rings. The normalized spacial score (nSPS) is 11.2. The van der Waals surface area contributed by atoms with Gasteiger partial charge in [0.15, 0.2) is 0 Å². The third-order valence-electron chi connectivity index (χ3n) is 3.13. The second-order valence-corrected chi connectivity index (χ2v) is 4.27. The molecule has 2 nitrogen and oxygen atoms in total. The van der Waals surface area contributed by atoms with Crippen LogP contribution in [0.5, 0.6) is 5.75 Å². The Morgan fingerprint density at radius 3 is 1.94 bits per heavy atom. The zero-order chi connectivity index (χ0) is 12.2. The number of hydrogen-bond donors (Lipinski definition) is 0. The van der Waals surface area contributed by atoms with Crippen molar-refractivity contribution in [2.75, 3.05) is 20.2 Å². The molecule has 92 valence electrons. The van der Waals surface area contributed by atoms with Gasteiger partial charge in [-0.1, -0.05) is 12.1 Å². The average Bonchev–Trinajstić information content (AvgIpc) is 2.30. The van der Waals surface area contributed by atoms with E-state index in [-0.39, 0.29) is 36.7 Å². The minimum Gasteiger partial charge on any atom is -0.497 e. The van der Waals surface area contributed by atoms with Crippen LogP contribution in [-0.2, 0) is 5.54 Å². The molecule has 17 heavy (non-hydrogen) atoms. The molecule has 0 radical (unpaired) electrons. The maximum absolute atomic E-state index is 5.16. The molecule has 0 heterocycles. The summed E-state index contributed by atoms with van der Waals surface area (Å²) >= 11 is 0. The number of benzene rings is 1. The van der Waals surface area contributed by atoms with E-state index in [1.54, 1.807) is 7.11 Å². The summed E-state index contributed by atoms with van der Waals surface area (Å²) in [5.41, 5.74) is 1.20. The van der Waals surface area contributed by atoms with Gasteiger partial charge in [0.1, 0.15) is 5.75 Å². The summed E-state index contributed by atoms with van der Waals surface area (Å²) in [7, 11) is 1.68. The van der Waals surface area contributed by atoms with E-state index in [4.69, 9.17) is 4.74 Å². The number of nitrogens with zero attached hydrogens (tertiary/aromatic N) is 1. The first-order valence-corrected chi connectivity index (χ1v) is 5.54. The summed E-state index contributed by atoms with van der Waals surface area (Å²) in [5, 5.41) is 0. The quantitative estimate of drug-likeness (QED) is 0.631. The van der Waals surface area contributed by atoms with Crippen molar-refractivity contribution in [3.05, 3.63) is 43.7 Å². The van der Waals surface area contributed by atoms with E-state index in [1.165, 1.54) is 5.56 Å². The first kappa shape index (κ1) is 17.0. The van der Waals surface area contributed by atoms with Gasteiger partial charge in [-0.05, 0) is 31.5 Å². The maximum atomic E-state index is 5.16. The van der Waals surface area contributed by atoms with Crippen molar-refractivity contribution in [3.8, 4) is 5.75 Å². The molecule has 1 rings (SSSR count). The Labute approximate surface area is 129 Å². The first-order chi connectivity index (χ1) is 7.56. The topological polar surface area (TPSA) is 12.5 Å². The van der Waals surface area contributed by atoms with E-state index in [2.05, 4.69) is 44.7 Å². The molecule has 0 fully saturated rings. The predicted molar refractivity (Wildman–Crippen MR) is 68.3 cm³/mol. The van der Waals surface area contributed by atoms with Crippen molar-refractivity contribution in [2.24, 2.45) is 0 Å². The number of rotatable bonds is 5. The van der Waals surface area contributed by atoms with Gasteiger partial charge >= 0.3 is 31.1 Å². The van der Waals surface area contributed by atoms with Crippen molar-refractivity contribution in [1.82, 2.24) is 4.90 Å². The minimum absolute atomic E-state index is 0. The third-order valence-corrected chi connectivity index (χ3v) is 3.13. The Bertz CT molecular complexity index is 317. The van der Waals surface area contributed by atoms with Crippen LogP contribution in [0.25, 0.3) is 0 Å². The summed E-state index contributed by atoms with van der Waals surface area (Å²) < 4.78 is 5.16. The largest absolute Gasteiger partial charge is 2.00 e. The molecule has 0 N–H and O–H groups in total. The molecule has 0 spiro atoms. The van der Waals surface area contributed by atoms with Gasteiger partial charge < -0.3 is 23.5 Å². The molecular weight excluding hydrogens is 436 g/mol. The van der Waals surface area contributed by atoms with E-state index < -0.39 is 0 Å². The Morgan fingerprint density at radius 2 is 1.59 bits per heavy atom. The van der Waals surface area contributed by atoms with Crippen LogP contribution in [0.1, 0.15) is 19.4 Å². The average molecular weight is 457 g/mol. The van der Waals surface area contributed by atoms with Gasteiger partial charge in [0.25, 0.3) is 0 Å². The van der Waals surface area contributed by atoms with Gasteiger partial charge in [0, 0.05) is 5.54 Å². The number of hydrogen-bond acceptors (Lipinski definition) is 2. The Balaban J connectivity index is 0.00000256. The van der Waals surface area contributed by atoms with Crippen LogP contribution in [0.15, 0.2) is 24.3 Å². The molecule has 1 aromatic carbocycles. The van der Waals surface area contributed by atoms with Gasteiger partial charge in [-0.25, -0.2) is 0 Å². The molecule has 0 saturated carbocycles. The van der Waals surface area contributed by atoms with E-state index >= 15 is 0 Å². The second kappa shape index (κ2) is 7.46. The van der Waals surface area contributed by atoms with E-state index in [0.717, 1.165) is 18.8 Å². The summed E-state index contributed by atoms with van der Waals surface area (Å²) in [4.78, 5) is 2.23. The zero-order valence-electron chi connectivity index (χ0n) is 11.0. The van der Waals surface area contributed by atoms with E-state index in [1.807, 2.05) is 12.1 Å². The minimum atomic E-state index is -0.0459. The van der Waals surface area contributed by atoms with Crippen LogP contribution in [0.2, 0.25) is 0 Å². The summed E-state index contributed by atoms with van der Waals surface area (Å²) in [5.74, 6) is 0.885. The van der Waals surface area contributed by atoms with Gasteiger partial charge in [0.2, 0.25) is 0 Å². The molecule has 0 saturated heterocycles. The van der Waals surface area contributed by atoms with Gasteiger partial charge in [0.05, 0.1) is 7.11 Å². The van der Waals surface area contributed by atoms with Crippen LogP contribution >= 0.6 is 0 Å². The molecule has 0 bridgehead atoms. The molecular formula is C14H21NOU. The van der Waals surface area contributed by atoms with Crippen LogP contribution in [0.3, 0.4) is 0 Å². The molecule has 0 aliphatic rings. The van der Waals surface area contributed by atoms with Gasteiger partial charge in [-0.2, -0.15) is 0 Å². The van der Waals surface area contributed by atoms with E-state index in [9.17, 15) is 0 Å². The van der Waals surface area contributed by atoms with E-state index in [0.29, 0.717) is 0 Å². The SMILES string of the molecule is [CH2-]CN(C[CH2-])C(C)(C)c1ccc(OC)cc1.[U+2]. The number of methoxy groups -OCH3 is 1. The van der Waals surface area contributed by atoms with Crippen LogP contribution < -0.4 is 4.74 Å². The van der Waals surface area contributed by atoms with Crippen molar-refractivity contribution in [3.63, 3.8) is 0 Å². The predicted octanol–water partition coefficient (Wildman–Crippen LogP) is 2.90. The smallest absolute Gasteiger partial charge is 0.497 e.